The lowest BCUT2D eigenvalue weighted by atomic mass is 9.71. The maximum atomic E-state index is 12.2. The van der Waals surface area contributed by atoms with Crippen molar-refractivity contribution in [1.82, 2.24) is 4.90 Å². The molecular weight excluding hydrogens is 238 g/mol. The minimum atomic E-state index is -0.730. The number of benzene rings is 1. The average Bonchev–Trinajstić information content (AvgIpc) is 2.68. The van der Waals surface area contributed by atoms with Gasteiger partial charge in [0, 0.05) is 12.1 Å². The number of fused-ring (bicyclic) bond motifs is 1. The molecule has 2 heterocycles. The number of amides is 1. The van der Waals surface area contributed by atoms with Crippen LogP contribution in [0.1, 0.15) is 31.7 Å². The number of ether oxygens (including phenoxy) is 1. The van der Waals surface area contributed by atoms with Crippen LogP contribution in [0.2, 0.25) is 0 Å². The summed E-state index contributed by atoms with van der Waals surface area (Å²) < 4.78 is 5.80. The number of nitrogens with zero attached hydrogens (tertiary/aromatic N) is 1. The Morgan fingerprint density at radius 3 is 2.74 bits per heavy atom. The summed E-state index contributed by atoms with van der Waals surface area (Å²) in [6, 6.07) is 9.95. The minimum Gasteiger partial charge on any atom is -0.431 e. The van der Waals surface area contributed by atoms with Gasteiger partial charge >= 0.3 is 6.09 Å². The van der Waals surface area contributed by atoms with Crippen LogP contribution in [0.4, 0.5) is 4.79 Å². The summed E-state index contributed by atoms with van der Waals surface area (Å²) in [5.41, 5.74) is -0.0535. The largest absolute Gasteiger partial charge is 0.431 e. The van der Waals surface area contributed by atoms with E-state index in [4.69, 9.17) is 4.74 Å². The van der Waals surface area contributed by atoms with Gasteiger partial charge in [0.05, 0.1) is 5.54 Å². The molecule has 2 fully saturated rings. The first kappa shape index (κ1) is 12.3. The van der Waals surface area contributed by atoms with Gasteiger partial charge in [-0.15, -0.1) is 0 Å². The van der Waals surface area contributed by atoms with Gasteiger partial charge in [0.15, 0.2) is 5.60 Å². The van der Waals surface area contributed by atoms with Gasteiger partial charge in [-0.1, -0.05) is 36.9 Å². The van der Waals surface area contributed by atoms with E-state index in [1.54, 1.807) is 6.08 Å². The zero-order valence-corrected chi connectivity index (χ0v) is 11.3. The molecule has 2 saturated heterocycles. The number of hydrogen-bond acceptors (Lipinski definition) is 2. The van der Waals surface area contributed by atoms with Crippen molar-refractivity contribution in [1.29, 1.82) is 0 Å². The Morgan fingerprint density at radius 1 is 1.32 bits per heavy atom. The highest BCUT2D eigenvalue weighted by molar-refractivity contribution is 5.74. The predicted octanol–water partition coefficient (Wildman–Crippen LogP) is 3.46. The summed E-state index contributed by atoms with van der Waals surface area (Å²) in [6.45, 7) is 6.85. The summed E-state index contributed by atoms with van der Waals surface area (Å²) in [7, 11) is 0. The van der Waals surface area contributed by atoms with Gasteiger partial charge in [-0.3, -0.25) is 4.90 Å². The molecule has 0 radical (unpaired) electrons. The molecule has 0 N–H and O–H groups in total. The number of hydrogen-bond donors (Lipinski definition) is 0. The Kier molecular flexibility index (Phi) is 2.66. The van der Waals surface area contributed by atoms with Crippen molar-refractivity contribution < 1.29 is 9.53 Å². The van der Waals surface area contributed by atoms with Crippen molar-refractivity contribution in [3.05, 3.63) is 48.6 Å². The van der Waals surface area contributed by atoms with Crippen molar-refractivity contribution in [3.63, 3.8) is 0 Å². The molecule has 3 heteroatoms. The summed E-state index contributed by atoms with van der Waals surface area (Å²) in [5, 5.41) is 0. The first-order valence-electron chi connectivity index (χ1n) is 6.84. The molecule has 0 spiro atoms. The highest BCUT2D eigenvalue weighted by Gasteiger charge is 2.62. The monoisotopic (exact) mass is 257 g/mol. The first-order valence-corrected chi connectivity index (χ1v) is 6.84. The number of rotatable bonds is 2. The van der Waals surface area contributed by atoms with Gasteiger partial charge in [-0.05, 0) is 32.3 Å². The van der Waals surface area contributed by atoms with E-state index < -0.39 is 5.60 Å². The molecule has 1 aromatic rings. The maximum absolute atomic E-state index is 12.2. The van der Waals surface area contributed by atoms with Crippen LogP contribution in [0.25, 0.3) is 0 Å². The average molecular weight is 257 g/mol. The van der Waals surface area contributed by atoms with E-state index in [1.165, 1.54) is 0 Å². The molecule has 2 atom stereocenters. The van der Waals surface area contributed by atoms with Crippen molar-refractivity contribution in [2.24, 2.45) is 0 Å². The van der Waals surface area contributed by atoms with Crippen LogP contribution in [-0.4, -0.2) is 23.1 Å². The maximum Gasteiger partial charge on any atom is 0.411 e. The van der Waals surface area contributed by atoms with E-state index in [0.29, 0.717) is 0 Å². The molecule has 0 bridgehead atoms. The van der Waals surface area contributed by atoms with E-state index in [0.717, 1.165) is 31.4 Å². The van der Waals surface area contributed by atoms with Crippen LogP contribution >= 0.6 is 0 Å². The number of carbonyl (C=O) groups excluding carboxylic acids is 1. The SMILES string of the molecule is C=C[C@@]1(c2ccccc2)OC(=O)N2CCCC[C@]21C. The fraction of sp³-hybridized carbons (Fsp3) is 0.438. The fourth-order valence-electron chi connectivity index (χ4n) is 3.54. The second-order valence-corrected chi connectivity index (χ2v) is 5.56. The smallest absolute Gasteiger partial charge is 0.411 e. The standard InChI is InChI=1S/C16H19NO2/c1-3-16(13-9-5-4-6-10-13)15(2)11-7-8-12-17(15)14(18)19-16/h3-6,9-10H,1,7-8,11-12H2,2H3/t15-,16-/m0/s1. The molecule has 3 nitrogen and oxygen atoms in total. The normalized spacial score (nSPS) is 33.7. The molecule has 19 heavy (non-hydrogen) atoms. The summed E-state index contributed by atoms with van der Waals surface area (Å²) in [5.74, 6) is 0. The Balaban J connectivity index is 2.16. The van der Waals surface area contributed by atoms with Crippen molar-refractivity contribution in [3.8, 4) is 0 Å². The quantitative estimate of drug-likeness (QED) is 0.759. The Hall–Kier alpha value is -1.77. The lowest BCUT2D eigenvalue weighted by Crippen LogP contribution is -2.55. The first-order chi connectivity index (χ1) is 9.14. The van der Waals surface area contributed by atoms with Gasteiger partial charge in [-0.2, -0.15) is 0 Å². The van der Waals surface area contributed by atoms with E-state index in [1.807, 2.05) is 35.2 Å². The van der Waals surface area contributed by atoms with Crippen LogP contribution < -0.4 is 0 Å². The van der Waals surface area contributed by atoms with Crippen LogP contribution in [0.15, 0.2) is 43.0 Å². The summed E-state index contributed by atoms with van der Waals surface area (Å²) in [6.07, 6.45) is 4.69. The third kappa shape index (κ3) is 1.47. The van der Waals surface area contributed by atoms with Crippen LogP contribution in [0.5, 0.6) is 0 Å². The molecule has 1 amide bonds. The molecule has 0 aromatic heterocycles. The Labute approximate surface area is 113 Å². The van der Waals surface area contributed by atoms with Gasteiger partial charge in [-0.25, -0.2) is 4.79 Å². The minimum absolute atomic E-state index is 0.217. The third-order valence-electron chi connectivity index (χ3n) is 4.65. The molecule has 3 rings (SSSR count). The van der Waals surface area contributed by atoms with E-state index in [2.05, 4.69) is 13.5 Å². The van der Waals surface area contributed by atoms with Crippen LogP contribution in [0.3, 0.4) is 0 Å². The number of piperidine rings is 1. The number of cyclic esters (lactones) is 1. The molecule has 1 aromatic carbocycles. The van der Waals surface area contributed by atoms with E-state index in [-0.39, 0.29) is 11.6 Å². The van der Waals surface area contributed by atoms with E-state index in [9.17, 15) is 4.79 Å². The zero-order valence-electron chi connectivity index (χ0n) is 11.3. The zero-order chi connectivity index (χ0) is 13.5. The summed E-state index contributed by atoms with van der Waals surface area (Å²) >= 11 is 0. The highest BCUT2D eigenvalue weighted by Crippen LogP contribution is 2.51. The molecule has 0 aliphatic carbocycles. The Bertz CT molecular complexity index is 513. The van der Waals surface area contributed by atoms with Gasteiger partial charge in [0.25, 0.3) is 0 Å². The van der Waals surface area contributed by atoms with Gasteiger partial charge in [0.2, 0.25) is 0 Å². The fourth-order valence-corrected chi connectivity index (χ4v) is 3.54. The lowest BCUT2D eigenvalue weighted by Gasteiger charge is -2.45. The molecule has 100 valence electrons. The second-order valence-electron chi connectivity index (χ2n) is 5.56. The van der Waals surface area contributed by atoms with Gasteiger partial charge < -0.3 is 4.74 Å². The second kappa shape index (κ2) is 4.12. The van der Waals surface area contributed by atoms with Crippen molar-refractivity contribution in [2.75, 3.05) is 6.54 Å². The van der Waals surface area contributed by atoms with Gasteiger partial charge in [0.1, 0.15) is 0 Å². The van der Waals surface area contributed by atoms with Crippen LogP contribution in [-0.2, 0) is 10.3 Å². The third-order valence-corrected chi connectivity index (χ3v) is 4.65. The Morgan fingerprint density at radius 2 is 2.05 bits per heavy atom. The van der Waals surface area contributed by atoms with Crippen molar-refractivity contribution >= 4 is 6.09 Å². The molecule has 0 unspecified atom stereocenters. The van der Waals surface area contributed by atoms with Crippen LogP contribution in [0, 0.1) is 0 Å². The lowest BCUT2D eigenvalue weighted by molar-refractivity contribution is 0.0157. The van der Waals surface area contributed by atoms with E-state index >= 15 is 0 Å². The highest BCUT2D eigenvalue weighted by atomic mass is 16.6. The molecular formula is C16H19NO2. The molecule has 2 aliphatic heterocycles. The topological polar surface area (TPSA) is 29.5 Å². The summed E-state index contributed by atoms with van der Waals surface area (Å²) in [4.78, 5) is 14.1. The predicted molar refractivity (Wildman–Crippen MR) is 73.8 cm³/mol. The number of carbonyl (C=O) groups is 1. The molecule has 2 aliphatic rings. The molecule has 0 saturated carbocycles. The van der Waals surface area contributed by atoms with Crippen molar-refractivity contribution in [2.45, 2.75) is 37.3 Å².